The number of aliphatic carboxylic acids is 1. The van der Waals surface area contributed by atoms with Crippen molar-refractivity contribution in [3.63, 3.8) is 0 Å². The van der Waals surface area contributed by atoms with Crippen LogP contribution in [0.5, 0.6) is 5.75 Å². The molecule has 3 heteroatoms. The van der Waals surface area contributed by atoms with Crippen molar-refractivity contribution in [2.75, 3.05) is 7.11 Å². The molecular formula is C17H18O3. The van der Waals surface area contributed by atoms with E-state index in [1.54, 1.807) is 21.0 Å². The molecule has 2 aromatic carbocycles. The van der Waals surface area contributed by atoms with Crippen LogP contribution in [0, 0.1) is 0 Å². The molecule has 0 saturated heterocycles. The number of hydrogen-bond donors (Lipinski definition) is 1. The molecule has 2 aromatic rings. The molecule has 0 aliphatic carbocycles. The summed E-state index contributed by atoms with van der Waals surface area (Å²) in [5, 5.41) is 9.24. The lowest BCUT2D eigenvalue weighted by Crippen LogP contribution is -2.28. The molecule has 0 radical (unpaired) electrons. The van der Waals surface area contributed by atoms with Crippen LogP contribution >= 0.6 is 0 Å². The van der Waals surface area contributed by atoms with Gasteiger partial charge < -0.3 is 9.84 Å². The van der Waals surface area contributed by atoms with E-state index >= 15 is 0 Å². The molecule has 20 heavy (non-hydrogen) atoms. The van der Waals surface area contributed by atoms with Crippen LogP contribution in [-0.4, -0.2) is 18.2 Å². The summed E-state index contributed by atoms with van der Waals surface area (Å²) in [6.45, 7) is 3.40. The second kappa shape index (κ2) is 5.37. The summed E-state index contributed by atoms with van der Waals surface area (Å²) in [6, 6.07) is 15.3. The van der Waals surface area contributed by atoms with Crippen molar-refractivity contribution in [1.29, 1.82) is 0 Å². The van der Waals surface area contributed by atoms with E-state index in [-0.39, 0.29) is 0 Å². The highest BCUT2D eigenvalue weighted by Gasteiger charge is 2.29. The van der Waals surface area contributed by atoms with Crippen molar-refractivity contribution < 1.29 is 14.6 Å². The molecule has 0 amide bonds. The Bertz CT molecular complexity index is 612. The summed E-state index contributed by atoms with van der Waals surface area (Å²) in [4.78, 5) is 11.3. The third-order valence-corrected chi connectivity index (χ3v) is 3.56. The number of ether oxygens (including phenoxy) is 1. The van der Waals surface area contributed by atoms with Gasteiger partial charge in [0.1, 0.15) is 5.75 Å². The number of para-hydroxylation sites is 1. The summed E-state index contributed by atoms with van der Waals surface area (Å²) in [7, 11) is 1.64. The number of methoxy groups -OCH3 is 1. The molecule has 0 bridgehead atoms. The minimum absolute atomic E-state index is 0.781. The monoisotopic (exact) mass is 270 g/mol. The smallest absolute Gasteiger partial charge is 0.313 e. The first-order chi connectivity index (χ1) is 9.46. The molecule has 0 saturated carbocycles. The van der Waals surface area contributed by atoms with Crippen LogP contribution in [0.25, 0.3) is 11.1 Å². The highest BCUT2D eigenvalue weighted by atomic mass is 16.5. The first-order valence-corrected chi connectivity index (χ1v) is 6.44. The quantitative estimate of drug-likeness (QED) is 0.921. The van der Waals surface area contributed by atoms with Gasteiger partial charge in [-0.1, -0.05) is 42.5 Å². The molecule has 0 atom stereocenters. The third-order valence-electron chi connectivity index (χ3n) is 3.56. The summed E-state index contributed by atoms with van der Waals surface area (Å²) in [6.07, 6.45) is 0. The molecule has 0 aromatic heterocycles. The van der Waals surface area contributed by atoms with Crippen molar-refractivity contribution >= 4 is 5.97 Å². The van der Waals surface area contributed by atoms with Gasteiger partial charge in [0, 0.05) is 5.56 Å². The fraction of sp³-hybridized carbons (Fsp3) is 0.235. The van der Waals surface area contributed by atoms with Crippen LogP contribution in [-0.2, 0) is 10.2 Å². The second-order valence-electron chi connectivity index (χ2n) is 5.21. The van der Waals surface area contributed by atoms with E-state index in [1.807, 2.05) is 48.5 Å². The summed E-state index contributed by atoms with van der Waals surface area (Å²) in [5.41, 5.74) is 1.89. The Kier molecular flexibility index (Phi) is 3.79. The van der Waals surface area contributed by atoms with Crippen molar-refractivity contribution in [2.45, 2.75) is 19.3 Å². The van der Waals surface area contributed by atoms with Crippen LogP contribution in [0.2, 0.25) is 0 Å². The van der Waals surface area contributed by atoms with Crippen molar-refractivity contribution in [1.82, 2.24) is 0 Å². The van der Waals surface area contributed by atoms with Gasteiger partial charge in [-0.05, 0) is 31.0 Å². The van der Waals surface area contributed by atoms with Crippen molar-refractivity contribution in [2.24, 2.45) is 0 Å². The Balaban J connectivity index is 2.40. The zero-order valence-corrected chi connectivity index (χ0v) is 11.9. The molecule has 0 fully saturated rings. The predicted octanol–water partition coefficient (Wildman–Crippen LogP) is 3.72. The standard InChI is InChI=1S/C17H18O3/c1-17(2,16(18)19)13-10-8-12(9-11-13)14-6-4-5-7-15(14)20-3/h4-11H,1-3H3,(H,18,19). The largest absolute Gasteiger partial charge is 0.496 e. The van der Waals surface area contributed by atoms with Gasteiger partial charge in [0.05, 0.1) is 12.5 Å². The van der Waals surface area contributed by atoms with Crippen molar-refractivity contribution in [3.8, 4) is 16.9 Å². The molecule has 0 aliphatic heterocycles. The first-order valence-electron chi connectivity index (χ1n) is 6.44. The van der Waals surface area contributed by atoms with Crippen LogP contribution in [0.15, 0.2) is 48.5 Å². The van der Waals surface area contributed by atoms with E-state index in [1.165, 1.54) is 0 Å². The average molecular weight is 270 g/mol. The van der Waals surface area contributed by atoms with Crippen LogP contribution in [0.4, 0.5) is 0 Å². The molecule has 104 valence electrons. The highest BCUT2D eigenvalue weighted by Crippen LogP contribution is 2.31. The maximum absolute atomic E-state index is 11.3. The molecule has 0 spiro atoms. The number of carbonyl (C=O) groups is 1. The zero-order valence-electron chi connectivity index (χ0n) is 11.9. The zero-order chi connectivity index (χ0) is 14.8. The topological polar surface area (TPSA) is 46.5 Å². The number of benzene rings is 2. The summed E-state index contributed by atoms with van der Waals surface area (Å²) < 4.78 is 5.34. The lowest BCUT2D eigenvalue weighted by Gasteiger charge is -2.20. The molecule has 2 rings (SSSR count). The van der Waals surface area contributed by atoms with Gasteiger partial charge in [0.2, 0.25) is 0 Å². The Morgan fingerprint density at radius 1 is 1.05 bits per heavy atom. The van der Waals surface area contributed by atoms with Gasteiger partial charge in [-0.3, -0.25) is 4.79 Å². The van der Waals surface area contributed by atoms with Gasteiger partial charge in [-0.2, -0.15) is 0 Å². The second-order valence-corrected chi connectivity index (χ2v) is 5.21. The minimum atomic E-state index is -0.890. The van der Waals surface area contributed by atoms with Gasteiger partial charge >= 0.3 is 5.97 Å². The van der Waals surface area contributed by atoms with Crippen LogP contribution < -0.4 is 4.74 Å². The molecule has 0 heterocycles. The summed E-state index contributed by atoms with van der Waals surface area (Å²) in [5.74, 6) is -0.0275. The first kappa shape index (κ1) is 14.1. The van der Waals surface area contributed by atoms with Gasteiger partial charge in [-0.15, -0.1) is 0 Å². The SMILES string of the molecule is COc1ccccc1-c1ccc(C(C)(C)C(=O)O)cc1. The molecule has 3 nitrogen and oxygen atoms in total. The van der Waals surface area contributed by atoms with E-state index in [9.17, 15) is 9.90 Å². The van der Waals surface area contributed by atoms with E-state index in [0.717, 1.165) is 22.4 Å². The average Bonchev–Trinajstić information content (AvgIpc) is 2.47. The number of carboxylic acid groups (broad SMARTS) is 1. The lowest BCUT2D eigenvalue weighted by atomic mass is 9.84. The van der Waals surface area contributed by atoms with Crippen LogP contribution in [0.3, 0.4) is 0 Å². The maximum Gasteiger partial charge on any atom is 0.313 e. The summed E-state index contributed by atoms with van der Waals surface area (Å²) >= 11 is 0. The normalized spacial score (nSPS) is 11.2. The van der Waals surface area contributed by atoms with E-state index in [2.05, 4.69) is 0 Å². The Morgan fingerprint density at radius 2 is 1.65 bits per heavy atom. The molecular weight excluding hydrogens is 252 g/mol. The van der Waals surface area contributed by atoms with E-state index in [0.29, 0.717) is 0 Å². The highest BCUT2D eigenvalue weighted by molar-refractivity contribution is 5.81. The van der Waals surface area contributed by atoms with Crippen LogP contribution in [0.1, 0.15) is 19.4 Å². The van der Waals surface area contributed by atoms with Gasteiger partial charge in [0.25, 0.3) is 0 Å². The van der Waals surface area contributed by atoms with E-state index in [4.69, 9.17) is 4.74 Å². The van der Waals surface area contributed by atoms with Crippen molar-refractivity contribution in [3.05, 3.63) is 54.1 Å². The Morgan fingerprint density at radius 3 is 2.20 bits per heavy atom. The van der Waals surface area contributed by atoms with Gasteiger partial charge in [0.15, 0.2) is 0 Å². The fourth-order valence-electron chi connectivity index (χ4n) is 2.07. The number of rotatable bonds is 4. The van der Waals surface area contributed by atoms with E-state index < -0.39 is 11.4 Å². The maximum atomic E-state index is 11.3. The minimum Gasteiger partial charge on any atom is -0.496 e. The molecule has 1 N–H and O–H groups in total. The Labute approximate surface area is 118 Å². The number of carboxylic acids is 1. The predicted molar refractivity (Wildman–Crippen MR) is 79.1 cm³/mol. The number of hydrogen-bond acceptors (Lipinski definition) is 2. The molecule has 0 unspecified atom stereocenters. The lowest BCUT2D eigenvalue weighted by molar-refractivity contribution is -0.142. The Hall–Kier alpha value is -2.29. The van der Waals surface area contributed by atoms with Gasteiger partial charge in [-0.25, -0.2) is 0 Å². The molecule has 0 aliphatic rings. The third kappa shape index (κ3) is 2.52. The fourth-order valence-corrected chi connectivity index (χ4v) is 2.07.